The molecule has 84 valence electrons. The summed E-state index contributed by atoms with van der Waals surface area (Å²) in [6.45, 7) is 5.01. The van der Waals surface area contributed by atoms with Crippen molar-refractivity contribution >= 4 is 5.69 Å². The zero-order chi connectivity index (χ0) is 11.5. The third-order valence-electron chi connectivity index (χ3n) is 2.67. The lowest BCUT2D eigenvalue weighted by atomic mass is 10.1. The molecular weight excluding hydrogens is 198 g/mol. The van der Waals surface area contributed by atoms with E-state index in [1.54, 1.807) is 0 Å². The fourth-order valence-electron chi connectivity index (χ4n) is 1.88. The number of benzene rings is 1. The standard InChI is InChI=1S/C13H17N3/c1-10-8-11(2)16(15-10)7-6-12-4-3-5-13(14)9-12/h3-5,8-9H,6-7,14H2,1-2H3. The molecule has 0 radical (unpaired) electrons. The van der Waals surface area contributed by atoms with Gasteiger partial charge in [-0.1, -0.05) is 12.1 Å². The van der Waals surface area contributed by atoms with E-state index in [0.717, 1.165) is 24.3 Å². The van der Waals surface area contributed by atoms with E-state index >= 15 is 0 Å². The van der Waals surface area contributed by atoms with E-state index < -0.39 is 0 Å². The Hall–Kier alpha value is -1.77. The smallest absolute Gasteiger partial charge is 0.0596 e. The van der Waals surface area contributed by atoms with Gasteiger partial charge in [0.05, 0.1) is 5.69 Å². The number of aromatic nitrogens is 2. The molecule has 0 fully saturated rings. The fourth-order valence-corrected chi connectivity index (χ4v) is 1.88. The zero-order valence-corrected chi connectivity index (χ0v) is 9.77. The van der Waals surface area contributed by atoms with Crippen LogP contribution in [0.4, 0.5) is 5.69 Å². The lowest BCUT2D eigenvalue weighted by molar-refractivity contribution is 0.594. The Kier molecular flexibility index (Phi) is 2.95. The summed E-state index contributed by atoms with van der Waals surface area (Å²) in [5.74, 6) is 0. The first-order valence-corrected chi connectivity index (χ1v) is 5.50. The van der Waals surface area contributed by atoms with E-state index in [-0.39, 0.29) is 0 Å². The van der Waals surface area contributed by atoms with Crippen LogP contribution in [0, 0.1) is 13.8 Å². The Morgan fingerprint density at radius 2 is 2.06 bits per heavy atom. The third kappa shape index (κ3) is 2.42. The van der Waals surface area contributed by atoms with Crippen molar-refractivity contribution in [2.45, 2.75) is 26.8 Å². The molecule has 3 heteroatoms. The van der Waals surface area contributed by atoms with Crippen LogP contribution in [0.2, 0.25) is 0 Å². The number of nitrogens with zero attached hydrogens (tertiary/aromatic N) is 2. The second kappa shape index (κ2) is 4.39. The molecule has 0 aliphatic rings. The number of nitrogens with two attached hydrogens (primary N) is 1. The fraction of sp³-hybridized carbons (Fsp3) is 0.308. The van der Waals surface area contributed by atoms with Crippen molar-refractivity contribution in [1.82, 2.24) is 9.78 Å². The van der Waals surface area contributed by atoms with Crippen molar-refractivity contribution in [2.75, 3.05) is 5.73 Å². The normalized spacial score (nSPS) is 10.6. The van der Waals surface area contributed by atoms with Crippen molar-refractivity contribution in [2.24, 2.45) is 0 Å². The molecule has 3 nitrogen and oxygen atoms in total. The van der Waals surface area contributed by atoms with Gasteiger partial charge in [0.2, 0.25) is 0 Å². The minimum Gasteiger partial charge on any atom is -0.399 e. The molecule has 0 atom stereocenters. The summed E-state index contributed by atoms with van der Waals surface area (Å²) in [6, 6.07) is 10.1. The van der Waals surface area contributed by atoms with Gasteiger partial charge in [-0.25, -0.2) is 0 Å². The van der Waals surface area contributed by atoms with Crippen molar-refractivity contribution in [3.05, 3.63) is 47.3 Å². The van der Waals surface area contributed by atoms with Crippen LogP contribution in [0.3, 0.4) is 0 Å². The summed E-state index contributed by atoms with van der Waals surface area (Å²) >= 11 is 0. The van der Waals surface area contributed by atoms with Gasteiger partial charge >= 0.3 is 0 Å². The summed E-state index contributed by atoms with van der Waals surface area (Å²) in [5.41, 5.74) is 10.1. The number of hydrogen-bond acceptors (Lipinski definition) is 2. The topological polar surface area (TPSA) is 43.8 Å². The molecule has 0 bridgehead atoms. The van der Waals surface area contributed by atoms with Crippen LogP contribution in [-0.2, 0) is 13.0 Å². The second-order valence-corrected chi connectivity index (χ2v) is 4.15. The molecule has 1 heterocycles. The molecule has 0 saturated carbocycles. The maximum atomic E-state index is 5.74. The molecule has 0 saturated heterocycles. The van der Waals surface area contributed by atoms with Crippen LogP contribution >= 0.6 is 0 Å². The maximum Gasteiger partial charge on any atom is 0.0596 e. The highest BCUT2D eigenvalue weighted by atomic mass is 15.3. The van der Waals surface area contributed by atoms with Gasteiger partial charge in [0, 0.05) is 17.9 Å². The van der Waals surface area contributed by atoms with Crippen LogP contribution in [0.15, 0.2) is 30.3 Å². The summed E-state index contributed by atoms with van der Waals surface area (Å²) in [6.07, 6.45) is 0.965. The number of rotatable bonds is 3. The van der Waals surface area contributed by atoms with Crippen LogP contribution in [-0.4, -0.2) is 9.78 Å². The predicted octanol–water partition coefficient (Wildman–Crippen LogP) is 2.32. The lowest BCUT2D eigenvalue weighted by Crippen LogP contribution is -2.05. The summed E-state index contributed by atoms with van der Waals surface area (Å²) in [7, 11) is 0. The van der Waals surface area contributed by atoms with E-state index in [9.17, 15) is 0 Å². The Morgan fingerprint density at radius 3 is 2.69 bits per heavy atom. The largest absolute Gasteiger partial charge is 0.399 e. The third-order valence-corrected chi connectivity index (χ3v) is 2.67. The Labute approximate surface area is 95.9 Å². The number of nitrogen functional groups attached to an aromatic ring is 1. The van der Waals surface area contributed by atoms with Gasteiger partial charge in [-0.15, -0.1) is 0 Å². The molecule has 2 rings (SSSR count). The summed E-state index contributed by atoms with van der Waals surface area (Å²) in [4.78, 5) is 0. The van der Waals surface area contributed by atoms with Gasteiger partial charge in [0.1, 0.15) is 0 Å². The molecule has 0 aliphatic heterocycles. The van der Waals surface area contributed by atoms with Crippen molar-refractivity contribution in [1.29, 1.82) is 0 Å². The molecular formula is C13H17N3. The molecule has 16 heavy (non-hydrogen) atoms. The highest BCUT2D eigenvalue weighted by Crippen LogP contribution is 2.09. The van der Waals surface area contributed by atoms with Gasteiger partial charge in [0.25, 0.3) is 0 Å². The average molecular weight is 215 g/mol. The first-order chi connectivity index (χ1) is 7.65. The van der Waals surface area contributed by atoms with Gasteiger partial charge in [-0.3, -0.25) is 4.68 Å². The lowest BCUT2D eigenvalue weighted by Gasteiger charge is -2.05. The van der Waals surface area contributed by atoms with Crippen molar-refractivity contribution in [3.8, 4) is 0 Å². The SMILES string of the molecule is Cc1cc(C)n(CCc2cccc(N)c2)n1. The summed E-state index contributed by atoms with van der Waals surface area (Å²) in [5, 5.41) is 4.43. The molecule has 0 amide bonds. The van der Waals surface area contributed by atoms with Gasteiger partial charge in [-0.2, -0.15) is 5.10 Å². The van der Waals surface area contributed by atoms with Gasteiger partial charge in [-0.05, 0) is 44.0 Å². The van der Waals surface area contributed by atoms with Gasteiger partial charge in [0.15, 0.2) is 0 Å². The Balaban J connectivity index is 2.05. The minimum absolute atomic E-state index is 0.825. The van der Waals surface area contributed by atoms with E-state index in [4.69, 9.17) is 5.73 Å². The molecule has 2 N–H and O–H groups in total. The minimum atomic E-state index is 0.825. The van der Waals surface area contributed by atoms with E-state index in [2.05, 4.69) is 24.2 Å². The van der Waals surface area contributed by atoms with Crippen LogP contribution in [0.25, 0.3) is 0 Å². The first kappa shape index (κ1) is 10.7. The van der Waals surface area contributed by atoms with Crippen LogP contribution < -0.4 is 5.73 Å². The average Bonchev–Trinajstić information content (AvgIpc) is 2.54. The van der Waals surface area contributed by atoms with E-state index in [1.807, 2.05) is 29.8 Å². The monoisotopic (exact) mass is 215 g/mol. The van der Waals surface area contributed by atoms with Crippen molar-refractivity contribution in [3.63, 3.8) is 0 Å². The number of aryl methyl sites for hydroxylation is 4. The highest BCUT2D eigenvalue weighted by molar-refractivity contribution is 5.40. The van der Waals surface area contributed by atoms with Gasteiger partial charge < -0.3 is 5.73 Å². The quantitative estimate of drug-likeness (QED) is 0.798. The van der Waals surface area contributed by atoms with Crippen LogP contribution in [0.5, 0.6) is 0 Å². The number of hydrogen-bond donors (Lipinski definition) is 1. The van der Waals surface area contributed by atoms with E-state index in [1.165, 1.54) is 11.3 Å². The molecule has 1 aromatic heterocycles. The number of anilines is 1. The molecule has 1 aromatic carbocycles. The Bertz CT molecular complexity index is 486. The van der Waals surface area contributed by atoms with Crippen molar-refractivity contribution < 1.29 is 0 Å². The molecule has 0 unspecified atom stereocenters. The second-order valence-electron chi connectivity index (χ2n) is 4.15. The maximum absolute atomic E-state index is 5.74. The molecule has 0 aliphatic carbocycles. The summed E-state index contributed by atoms with van der Waals surface area (Å²) < 4.78 is 2.04. The van der Waals surface area contributed by atoms with E-state index in [0.29, 0.717) is 0 Å². The highest BCUT2D eigenvalue weighted by Gasteiger charge is 2.01. The molecule has 0 spiro atoms. The predicted molar refractivity (Wildman–Crippen MR) is 66.3 cm³/mol. The van der Waals surface area contributed by atoms with Crippen LogP contribution in [0.1, 0.15) is 17.0 Å². The first-order valence-electron chi connectivity index (χ1n) is 5.50. The molecule has 2 aromatic rings. The zero-order valence-electron chi connectivity index (χ0n) is 9.77. The Morgan fingerprint density at radius 1 is 1.25 bits per heavy atom.